The number of aliphatic hydroxyl groups is 1. The van der Waals surface area contributed by atoms with Crippen molar-refractivity contribution in [1.82, 2.24) is 9.88 Å². The number of nitrogens with one attached hydrogen (secondary N) is 1. The maximum absolute atomic E-state index is 12.9. The van der Waals surface area contributed by atoms with Crippen LogP contribution in [0.3, 0.4) is 0 Å². The second-order valence-corrected chi connectivity index (χ2v) is 8.58. The Morgan fingerprint density at radius 3 is 2.85 bits per heavy atom. The highest BCUT2D eigenvalue weighted by Gasteiger charge is 2.36. The van der Waals surface area contributed by atoms with E-state index in [0.29, 0.717) is 13.1 Å². The Hall–Kier alpha value is -2.22. The minimum Gasteiger partial charge on any atom is -0.396 e. The Morgan fingerprint density at radius 1 is 1.30 bits per heavy atom. The van der Waals surface area contributed by atoms with E-state index in [0.717, 1.165) is 22.0 Å². The van der Waals surface area contributed by atoms with E-state index in [1.165, 1.54) is 5.56 Å². The first kappa shape index (κ1) is 18.2. The molecule has 1 fully saturated rings. The molecule has 3 aromatic rings. The van der Waals surface area contributed by atoms with Gasteiger partial charge < -0.3 is 15.3 Å². The van der Waals surface area contributed by atoms with Crippen LogP contribution in [0.25, 0.3) is 11.3 Å². The number of aliphatic hydroxyl groups excluding tert-OH is 1. The molecule has 0 unspecified atom stereocenters. The number of hydrogen-bond acceptors (Lipinski definition) is 5. The van der Waals surface area contributed by atoms with Crippen LogP contribution in [0.15, 0.2) is 46.5 Å². The van der Waals surface area contributed by atoms with E-state index in [1.807, 2.05) is 41.9 Å². The number of aryl methyl sites for hydroxylation is 1. The molecule has 27 heavy (non-hydrogen) atoms. The molecule has 2 N–H and O–H groups in total. The number of likely N-dealkylation sites (tertiary alicyclic amines) is 1. The number of carbonyl (C=O) groups excluding carboxylic acids is 1. The maximum atomic E-state index is 12.9. The van der Waals surface area contributed by atoms with Crippen LogP contribution in [0.5, 0.6) is 0 Å². The van der Waals surface area contributed by atoms with Crippen molar-refractivity contribution in [2.45, 2.75) is 12.8 Å². The highest BCUT2D eigenvalue weighted by molar-refractivity contribution is 7.09. The minimum absolute atomic E-state index is 0.0711. The number of nitrogens with zero attached hydrogens (tertiary/aromatic N) is 2. The molecule has 2 atom stereocenters. The van der Waals surface area contributed by atoms with Gasteiger partial charge in [0.2, 0.25) is 0 Å². The number of thiazole rings is 1. The average molecular weight is 400 g/mol. The second-order valence-electron chi connectivity index (χ2n) is 6.74. The number of benzene rings is 1. The Bertz CT molecular complexity index is 923. The van der Waals surface area contributed by atoms with Crippen LogP contribution in [-0.4, -0.2) is 40.7 Å². The quantitative estimate of drug-likeness (QED) is 0.682. The monoisotopic (exact) mass is 399 g/mol. The van der Waals surface area contributed by atoms with Crippen LogP contribution in [-0.2, 0) is 0 Å². The number of anilines is 1. The maximum Gasteiger partial charge on any atom is 0.321 e. The van der Waals surface area contributed by atoms with Crippen molar-refractivity contribution in [3.8, 4) is 11.3 Å². The summed E-state index contributed by atoms with van der Waals surface area (Å²) >= 11 is 3.24. The standard InChI is InChI=1S/C20H21N3O2S2/c1-13-21-19(12-27-13)16-4-2-3-5-18(16)22-20(25)23-8-15(10-24)17(9-23)14-6-7-26-11-14/h2-7,11-12,15,17,24H,8-10H2,1H3,(H,22,25)/t15-,17-/m0/s1. The van der Waals surface area contributed by atoms with E-state index >= 15 is 0 Å². The normalized spacial score (nSPS) is 19.4. The first-order valence-corrected chi connectivity index (χ1v) is 10.7. The van der Waals surface area contributed by atoms with Gasteiger partial charge in [-0.15, -0.1) is 11.3 Å². The Balaban J connectivity index is 1.52. The number of hydrogen-bond donors (Lipinski definition) is 2. The lowest BCUT2D eigenvalue weighted by atomic mass is 9.92. The van der Waals surface area contributed by atoms with E-state index in [1.54, 1.807) is 27.6 Å². The number of thiophene rings is 1. The molecule has 0 bridgehead atoms. The fourth-order valence-electron chi connectivity index (χ4n) is 3.58. The van der Waals surface area contributed by atoms with Gasteiger partial charge in [-0.1, -0.05) is 18.2 Å². The Labute approximate surface area is 166 Å². The Kier molecular flexibility index (Phi) is 5.24. The summed E-state index contributed by atoms with van der Waals surface area (Å²) in [5.41, 5.74) is 3.75. The molecular formula is C20H21N3O2S2. The summed E-state index contributed by atoms with van der Waals surface area (Å²) in [7, 11) is 0. The molecule has 140 valence electrons. The minimum atomic E-state index is -0.134. The second kappa shape index (κ2) is 7.80. The van der Waals surface area contributed by atoms with Crippen LogP contribution in [0.1, 0.15) is 16.5 Å². The lowest BCUT2D eigenvalue weighted by molar-refractivity contribution is 0.207. The van der Waals surface area contributed by atoms with Crippen LogP contribution >= 0.6 is 22.7 Å². The van der Waals surface area contributed by atoms with Gasteiger partial charge in [-0.05, 0) is 35.4 Å². The molecule has 1 aromatic carbocycles. The largest absolute Gasteiger partial charge is 0.396 e. The van der Waals surface area contributed by atoms with Gasteiger partial charge in [-0.2, -0.15) is 11.3 Å². The topological polar surface area (TPSA) is 65.5 Å². The molecule has 1 aliphatic heterocycles. The van der Waals surface area contributed by atoms with Crippen LogP contribution in [0.2, 0.25) is 0 Å². The summed E-state index contributed by atoms with van der Waals surface area (Å²) in [4.78, 5) is 19.2. The van der Waals surface area contributed by atoms with E-state index in [4.69, 9.17) is 0 Å². The van der Waals surface area contributed by atoms with Crippen LogP contribution in [0.4, 0.5) is 10.5 Å². The zero-order valence-corrected chi connectivity index (χ0v) is 16.6. The fraction of sp³-hybridized carbons (Fsp3) is 0.300. The molecule has 0 spiro atoms. The third-order valence-electron chi connectivity index (χ3n) is 5.00. The lowest BCUT2D eigenvalue weighted by Gasteiger charge is -2.18. The molecule has 4 rings (SSSR count). The number of aromatic nitrogens is 1. The van der Waals surface area contributed by atoms with Gasteiger partial charge in [-0.3, -0.25) is 0 Å². The van der Waals surface area contributed by atoms with Crippen LogP contribution < -0.4 is 5.32 Å². The molecule has 0 radical (unpaired) electrons. The summed E-state index contributed by atoms with van der Waals surface area (Å²) < 4.78 is 0. The molecule has 0 aliphatic carbocycles. The zero-order valence-electron chi connectivity index (χ0n) is 15.0. The number of amides is 2. The first-order valence-electron chi connectivity index (χ1n) is 8.86. The van der Waals surface area contributed by atoms with Crippen molar-refractivity contribution in [2.24, 2.45) is 5.92 Å². The van der Waals surface area contributed by atoms with Crippen molar-refractivity contribution in [2.75, 3.05) is 25.0 Å². The summed E-state index contributed by atoms with van der Waals surface area (Å²) in [6.45, 7) is 3.23. The fourth-order valence-corrected chi connectivity index (χ4v) is 4.92. The predicted octanol–water partition coefficient (Wildman–Crippen LogP) is 4.42. The average Bonchev–Trinajstić information content (AvgIpc) is 3.42. The first-order chi connectivity index (χ1) is 13.2. The molecule has 3 heterocycles. The molecule has 0 saturated carbocycles. The van der Waals surface area contributed by atoms with Gasteiger partial charge in [0.05, 0.1) is 16.4 Å². The summed E-state index contributed by atoms with van der Waals surface area (Å²) in [6.07, 6.45) is 0. The third kappa shape index (κ3) is 3.76. The van der Waals surface area contributed by atoms with E-state index in [2.05, 4.69) is 21.7 Å². The third-order valence-corrected chi connectivity index (χ3v) is 6.47. The van der Waals surface area contributed by atoms with Crippen molar-refractivity contribution >= 4 is 34.4 Å². The highest BCUT2D eigenvalue weighted by Crippen LogP contribution is 2.34. The van der Waals surface area contributed by atoms with Crippen molar-refractivity contribution in [3.63, 3.8) is 0 Å². The van der Waals surface area contributed by atoms with Crippen molar-refractivity contribution < 1.29 is 9.90 Å². The predicted molar refractivity (Wildman–Crippen MR) is 111 cm³/mol. The SMILES string of the molecule is Cc1nc(-c2ccccc2NC(=O)N2C[C@@H](CO)[C@H](c3ccsc3)C2)cs1. The van der Waals surface area contributed by atoms with E-state index < -0.39 is 0 Å². The van der Waals surface area contributed by atoms with Gasteiger partial charge in [-0.25, -0.2) is 9.78 Å². The molecule has 2 amide bonds. The summed E-state index contributed by atoms with van der Waals surface area (Å²) in [5.74, 6) is 0.255. The smallest absolute Gasteiger partial charge is 0.321 e. The van der Waals surface area contributed by atoms with Gasteiger partial charge in [0.25, 0.3) is 0 Å². The van der Waals surface area contributed by atoms with Gasteiger partial charge in [0.15, 0.2) is 0 Å². The molecule has 5 nitrogen and oxygen atoms in total. The zero-order chi connectivity index (χ0) is 18.8. The van der Waals surface area contributed by atoms with E-state index in [-0.39, 0.29) is 24.5 Å². The summed E-state index contributed by atoms with van der Waals surface area (Å²) in [6, 6.07) is 9.68. The Morgan fingerprint density at radius 2 is 2.15 bits per heavy atom. The molecule has 7 heteroatoms. The lowest BCUT2D eigenvalue weighted by Crippen LogP contribution is -2.33. The molecule has 1 saturated heterocycles. The van der Waals surface area contributed by atoms with Gasteiger partial charge in [0, 0.05) is 42.5 Å². The number of carbonyl (C=O) groups is 1. The number of para-hydroxylation sites is 1. The van der Waals surface area contributed by atoms with Crippen molar-refractivity contribution in [3.05, 3.63) is 57.0 Å². The molecule has 1 aliphatic rings. The number of rotatable bonds is 4. The molecule has 2 aromatic heterocycles. The summed E-state index contributed by atoms with van der Waals surface area (Å²) in [5, 5.41) is 19.9. The van der Waals surface area contributed by atoms with E-state index in [9.17, 15) is 9.90 Å². The highest BCUT2D eigenvalue weighted by atomic mass is 32.1. The molecular weight excluding hydrogens is 378 g/mol. The number of urea groups is 1. The van der Waals surface area contributed by atoms with Gasteiger partial charge >= 0.3 is 6.03 Å². The van der Waals surface area contributed by atoms with Gasteiger partial charge in [0.1, 0.15) is 0 Å². The van der Waals surface area contributed by atoms with Crippen LogP contribution in [0, 0.1) is 12.8 Å². The van der Waals surface area contributed by atoms with Crippen molar-refractivity contribution in [1.29, 1.82) is 0 Å².